The Labute approximate surface area is 157 Å². The Kier molecular flexibility index (Phi) is 5.75. The molecule has 0 aliphatic carbocycles. The van der Waals surface area contributed by atoms with Gasteiger partial charge in [-0.15, -0.1) is 0 Å². The topological polar surface area (TPSA) is 114 Å². The largest absolute Gasteiger partial charge is 0.394 e. The molecule has 0 bridgehead atoms. The van der Waals surface area contributed by atoms with E-state index in [0.29, 0.717) is 6.07 Å². The second kappa shape index (κ2) is 7.92. The van der Waals surface area contributed by atoms with Crippen molar-refractivity contribution in [1.82, 2.24) is 9.13 Å². The van der Waals surface area contributed by atoms with Gasteiger partial charge in [0.25, 0.3) is 5.56 Å². The van der Waals surface area contributed by atoms with Crippen molar-refractivity contribution in [2.24, 2.45) is 0 Å². The number of hydrogen-bond donors (Lipinski definition) is 3. The maximum absolute atomic E-state index is 13.8. The van der Waals surface area contributed by atoms with Crippen LogP contribution < -0.4 is 11.2 Å². The van der Waals surface area contributed by atoms with Gasteiger partial charge in [0.2, 0.25) is 0 Å². The van der Waals surface area contributed by atoms with E-state index in [9.17, 15) is 33.7 Å². The van der Waals surface area contributed by atoms with Crippen molar-refractivity contribution in [2.75, 3.05) is 6.61 Å². The fraction of sp³-hybridized carbons (Fsp3) is 0.444. The Morgan fingerprint density at radius 3 is 2.50 bits per heavy atom. The molecule has 1 saturated heterocycles. The molecule has 1 fully saturated rings. The number of aryl methyl sites for hydroxylation is 2. The molecule has 0 saturated carbocycles. The third-order valence-electron chi connectivity index (χ3n) is 4.78. The van der Waals surface area contributed by atoms with Gasteiger partial charge in [-0.1, -0.05) is 6.07 Å². The summed E-state index contributed by atoms with van der Waals surface area (Å²) in [6.07, 6.45) is -4.12. The predicted molar refractivity (Wildman–Crippen MR) is 92.8 cm³/mol. The molecule has 0 spiro atoms. The second-order valence-electron chi connectivity index (χ2n) is 6.67. The first-order chi connectivity index (χ1) is 13.2. The molecule has 28 heavy (non-hydrogen) atoms. The van der Waals surface area contributed by atoms with Gasteiger partial charge in [-0.2, -0.15) is 0 Å². The van der Waals surface area contributed by atoms with E-state index in [0.717, 1.165) is 15.2 Å². The van der Waals surface area contributed by atoms with Crippen molar-refractivity contribution in [3.8, 4) is 0 Å². The van der Waals surface area contributed by atoms with Gasteiger partial charge < -0.3 is 20.1 Å². The van der Waals surface area contributed by atoms with Crippen LogP contribution in [0.2, 0.25) is 0 Å². The van der Waals surface area contributed by atoms with Crippen LogP contribution in [0.4, 0.5) is 8.78 Å². The summed E-state index contributed by atoms with van der Waals surface area (Å²) in [5.74, 6) is -1.52. The van der Waals surface area contributed by atoms with Gasteiger partial charge in [-0.25, -0.2) is 13.6 Å². The summed E-state index contributed by atoms with van der Waals surface area (Å²) in [6.45, 7) is 0.706. The molecule has 0 amide bonds. The monoisotopic (exact) mass is 398 g/mol. The van der Waals surface area contributed by atoms with Gasteiger partial charge in [0.1, 0.15) is 29.9 Å². The van der Waals surface area contributed by atoms with Crippen LogP contribution in [0.3, 0.4) is 0 Å². The smallest absolute Gasteiger partial charge is 0.333 e. The van der Waals surface area contributed by atoms with E-state index >= 15 is 0 Å². The molecule has 8 nitrogen and oxygen atoms in total. The van der Waals surface area contributed by atoms with Crippen LogP contribution in [-0.4, -0.2) is 49.4 Å². The number of nitrogens with zero attached hydrogens (tertiary/aromatic N) is 2. The molecule has 1 aromatic heterocycles. The highest BCUT2D eigenvalue weighted by Crippen LogP contribution is 2.28. The van der Waals surface area contributed by atoms with E-state index in [1.165, 1.54) is 19.2 Å². The standard InChI is InChI=1S/C18H20F2N2O6/c1-9-7-22(17-15(25)14(24)13(8-23)28-17)18(27)21(16(9)26)5-4-10-2-3-11(19)6-12(10)20/h2-3,6-7,13-15,17,23-25H,4-5,8H2,1H3/t13-,14+,15?,17-/m1/s1. The average molecular weight is 398 g/mol. The van der Waals surface area contributed by atoms with Gasteiger partial charge >= 0.3 is 5.69 Å². The summed E-state index contributed by atoms with van der Waals surface area (Å²) in [5, 5.41) is 29.2. The van der Waals surface area contributed by atoms with E-state index in [1.54, 1.807) is 0 Å². The molecule has 3 N–H and O–H groups in total. The number of hydrogen-bond acceptors (Lipinski definition) is 6. The Bertz CT molecular complexity index is 989. The SMILES string of the molecule is Cc1cn([C@@H]2O[C@H](CO)[C@H](O)C2O)c(=O)n(CCc2ccc(F)cc2F)c1=O. The van der Waals surface area contributed by atoms with Gasteiger partial charge in [0.15, 0.2) is 6.23 Å². The molecular formula is C18H20F2N2O6. The Hall–Kier alpha value is -2.40. The Morgan fingerprint density at radius 2 is 1.89 bits per heavy atom. The Balaban J connectivity index is 1.94. The number of rotatable bonds is 5. The lowest BCUT2D eigenvalue weighted by Crippen LogP contribution is -2.44. The molecule has 1 aromatic carbocycles. The zero-order valence-corrected chi connectivity index (χ0v) is 15.0. The first kappa shape index (κ1) is 20.3. The minimum Gasteiger partial charge on any atom is -0.394 e. The van der Waals surface area contributed by atoms with Crippen molar-refractivity contribution in [3.63, 3.8) is 0 Å². The lowest BCUT2D eigenvalue weighted by molar-refractivity contribution is -0.0557. The highest BCUT2D eigenvalue weighted by atomic mass is 19.1. The summed E-state index contributed by atoms with van der Waals surface area (Å²) >= 11 is 0. The summed E-state index contributed by atoms with van der Waals surface area (Å²) in [5.41, 5.74) is -1.13. The zero-order valence-electron chi connectivity index (χ0n) is 15.0. The molecule has 4 atom stereocenters. The molecule has 152 valence electrons. The van der Waals surface area contributed by atoms with Gasteiger partial charge in [0, 0.05) is 24.4 Å². The lowest BCUT2D eigenvalue weighted by Gasteiger charge is -2.19. The predicted octanol–water partition coefficient (Wildman–Crippen LogP) is -0.549. The molecule has 3 rings (SSSR count). The molecule has 0 radical (unpaired) electrons. The van der Waals surface area contributed by atoms with E-state index in [1.807, 2.05) is 0 Å². The summed E-state index contributed by atoms with van der Waals surface area (Å²) in [4.78, 5) is 25.2. The highest BCUT2D eigenvalue weighted by molar-refractivity contribution is 5.18. The van der Waals surface area contributed by atoms with E-state index in [2.05, 4.69) is 0 Å². The molecule has 1 aliphatic rings. The molecule has 2 heterocycles. The normalized spacial score (nSPS) is 24.6. The van der Waals surface area contributed by atoms with Crippen LogP contribution in [0.1, 0.15) is 17.4 Å². The van der Waals surface area contributed by atoms with Crippen LogP contribution in [0.15, 0.2) is 34.0 Å². The van der Waals surface area contributed by atoms with Crippen molar-refractivity contribution in [1.29, 1.82) is 0 Å². The summed E-state index contributed by atoms with van der Waals surface area (Å²) in [7, 11) is 0. The fourth-order valence-electron chi connectivity index (χ4n) is 3.20. The molecule has 10 heteroatoms. The van der Waals surface area contributed by atoms with E-state index in [4.69, 9.17) is 4.74 Å². The molecular weight excluding hydrogens is 378 g/mol. The minimum atomic E-state index is -1.49. The van der Waals surface area contributed by atoms with E-state index < -0.39 is 54.0 Å². The maximum atomic E-state index is 13.8. The van der Waals surface area contributed by atoms with Crippen LogP contribution >= 0.6 is 0 Å². The zero-order chi connectivity index (χ0) is 20.6. The third kappa shape index (κ3) is 3.63. The second-order valence-corrected chi connectivity index (χ2v) is 6.67. The molecule has 2 aromatic rings. The van der Waals surface area contributed by atoms with E-state index in [-0.39, 0.29) is 24.1 Å². The number of aliphatic hydroxyl groups excluding tert-OH is 3. The van der Waals surface area contributed by atoms with Crippen molar-refractivity contribution < 1.29 is 28.8 Å². The first-order valence-electron chi connectivity index (χ1n) is 8.63. The van der Waals surface area contributed by atoms with Crippen LogP contribution in [-0.2, 0) is 17.7 Å². The van der Waals surface area contributed by atoms with Crippen LogP contribution in [0.25, 0.3) is 0 Å². The van der Waals surface area contributed by atoms with Gasteiger partial charge in [-0.3, -0.25) is 13.9 Å². The number of ether oxygens (including phenoxy) is 1. The molecule has 1 aliphatic heterocycles. The van der Waals surface area contributed by atoms with Crippen molar-refractivity contribution in [2.45, 2.75) is 44.4 Å². The van der Waals surface area contributed by atoms with Crippen molar-refractivity contribution >= 4 is 0 Å². The fourth-order valence-corrected chi connectivity index (χ4v) is 3.20. The first-order valence-corrected chi connectivity index (χ1v) is 8.63. The summed E-state index contributed by atoms with van der Waals surface area (Å²) < 4.78 is 34.0. The van der Waals surface area contributed by atoms with Crippen molar-refractivity contribution in [3.05, 3.63) is 68.0 Å². The third-order valence-corrected chi connectivity index (χ3v) is 4.78. The van der Waals surface area contributed by atoms with Crippen LogP contribution in [0, 0.1) is 18.6 Å². The van der Waals surface area contributed by atoms with Crippen LogP contribution in [0.5, 0.6) is 0 Å². The maximum Gasteiger partial charge on any atom is 0.333 e. The highest BCUT2D eigenvalue weighted by Gasteiger charge is 2.44. The number of benzene rings is 1. The number of aliphatic hydroxyl groups is 3. The lowest BCUT2D eigenvalue weighted by atomic mass is 10.1. The number of aromatic nitrogens is 2. The Morgan fingerprint density at radius 1 is 1.18 bits per heavy atom. The van der Waals surface area contributed by atoms with Gasteiger partial charge in [0.05, 0.1) is 6.61 Å². The molecule has 1 unspecified atom stereocenters. The number of halogens is 2. The van der Waals surface area contributed by atoms with Gasteiger partial charge in [-0.05, 0) is 25.0 Å². The average Bonchev–Trinajstić information content (AvgIpc) is 2.94. The summed E-state index contributed by atoms with van der Waals surface area (Å²) in [6, 6.07) is 3.02. The minimum absolute atomic E-state index is 0.0410. The quantitative estimate of drug-likeness (QED) is 0.623.